The second kappa shape index (κ2) is 12.3. The smallest absolute Gasteiger partial charge is 0.266 e. The van der Waals surface area contributed by atoms with Crippen molar-refractivity contribution in [3.8, 4) is 0 Å². The fourth-order valence-corrected chi connectivity index (χ4v) is 5.92. The van der Waals surface area contributed by atoms with Crippen LogP contribution in [0.25, 0.3) is 6.08 Å². The summed E-state index contributed by atoms with van der Waals surface area (Å²) in [6.45, 7) is 2.37. The lowest BCUT2D eigenvalue weighted by Crippen LogP contribution is -2.38. The van der Waals surface area contributed by atoms with Crippen molar-refractivity contribution in [3.63, 3.8) is 0 Å². The molecule has 2 aromatic rings. The number of likely N-dealkylation sites (tertiary alicyclic amines) is 1. The number of hydrogen-bond acceptors (Lipinski definition) is 4. The summed E-state index contributed by atoms with van der Waals surface area (Å²) in [5.74, 6) is 0.940. The molecule has 4 nitrogen and oxygen atoms in total. The van der Waals surface area contributed by atoms with Crippen LogP contribution in [0.1, 0.15) is 49.7 Å². The van der Waals surface area contributed by atoms with Crippen molar-refractivity contribution in [3.05, 3.63) is 76.7 Å². The lowest BCUT2D eigenvalue weighted by Gasteiger charge is -2.32. The summed E-state index contributed by atoms with van der Waals surface area (Å²) in [6, 6.07) is 20.5. The summed E-state index contributed by atoms with van der Waals surface area (Å²) in [7, 11) is 0. The van der Waals surface area contributed by atoms with Crippen molar-refractivity contribution in [1.82, 2.24) is 9.80 Å². The van der Waals surface area contributed by atoms with Gasteiger partial charge in [0.05, 0.1) is 4.91 Å². The van der Waals surface area contributed by atoms with Crippen LogP contribution in [0.4, 0.5) is 0 Å². The molecule has 0 unspecified atom stereocenters. The van der Waals surface area contributed by atoms with E-state index in [1.54, 1.807) is 4.90 Å². The van der Waals surface area contributed by atoms with Crippen LogP contribution in [-0.4, -0.2) is 45.6 Å². The Balaban J connectivity index is 1.13. The molecule has 0 N–H and O–H groups in total. The van der Waals surface area contributed by atoms with E-state index < -0.39 is 0 Å². The Hall–Kier alpha value is -2.44. The van der Waals surface area contributed by atoms with Crippen LogP contribution in [-0.2, 0) is 16.0 Å². The number of unbranched alkanes of at least 4 members (excludes halogenated alkanes) is 2. The molecule has 2 aromatic carbocycles. The molecule has 2 aliphatic rings. The normalized spacial score (nSPS) is 18.2. The van der Waals surface area contributed by atoms with E-state index in [0.29, 0.717) is 28.1 Å². The number of amides is 2. The number of carbonyl (C=O) groups excluding carboxylic acids is 2. The zero-order valence-corrected chi connectivity index (χ0v) is 21.2. The highest BCUT2D eigenvalue weighted by atomic mass is 32.2. The molecule has 0 bridgehead atoms. The average Bonchev–Trinajstić information content (AvgIpc) is 3.12. The van der Waals surface area contributed by atoms with Crippen molar-refractivity contribution in [2.75, 3.05) is 19.6 Å². The van der Waals surface area contributed by atoms with Crippen LogP contribution >= 0.6 is 24.0 Å². The monoisotopic (exact) mass is 492 g/mol. The van der Waals surface area contributed by atoms with Gasteiger partial charge in [0, 0.05) is 26.1 Å². The SMILES string of the molecule is O=C(CCCCCN1C(=O)C(=Cc2ccccc2)SC1=S)N1CCC(Cc2ccccc2)CC1. The van der Waals surface area contributed by atoms with E-state index >= 15 is 0 Å². The quantitative estimate of drug-likeness (QED) is 0.247. The first-order chi connectivity index (χ1) is 16.6. The molecule has 2 heterocycles. The average molecular weight is 493 g/mol. The Morgan fingerprint density at radius 3 is 2.35 bits per heavy atom. The van der Waals surface area contributed by atoms with E-state index in [2.05, 4.69) is 30.3 Å². The molecule has 0 aromatic heterocycles. The Labute approximate surface area is 212 Å². The fraction of sp³-hybridized carbons (Fsp3) is 0.393. The molecule has 0 atom stereocenters. The van der Waals surface area contributed by atoms with Gasteiger partial charge in [-0.25, -0.2) is 0 Å². The van der Waals surface area contributed by atoms with E-state index in [0.717, 1.165) is 57.2 Å². The van der Waals surface area contributed by atoms with Crippen molar-refractivity contribution < 1.29 is 9.59 Å². The van der Waals surface area contributed by atoms with E-state index in [1.807, 2.05) is 41.3 Å². The highest BCUT2D eigenvalue weighted by Crippen LogP contribution is 2.32. The van der Waals surface area contributed by atoms with Crippen LogP contribution in [0.5, 0.6) is 0 Å². The van der Waals surface area contributed by atoms with Gasteiger partial charge < -0.3 is 4.90 Å². The topological polar surface area (TPSA) is 40.6 Å². The van der Waals surface area contributed by atoms with Crippen molar-refractivity contribution in [1.29, 1.82) is 0 Å². The molecule has 4 rings (SSSR count). The van der Waals surface area contributed by atoms with Gasteiger partial charge >= 0.3 is 0 Å². The van der Waals surface area contributed by atoms with Crippen molar-refractivity contribution in [2.45, 2.75) is 44.9 Å². The number of benzene rings is 2. The summed E-state index contributed by atoms with van der Waals surface area (Å²) in [5.41, 5.74) is 2.40. The molecular formula is C28H32N2O2S2. The van der Waals surface area contributed by atoms with E-state index in [-0.39, 0.29) is 11.8 Å². The maximum atomic E-state index is 12.7. The van der Waals surface area contributed by atoms with Gasteiger partial charge in [-0.1, -0.05) is 91.1 Å². The molecule has 0 aliphatic carbocycles. The molecule has 2 saturated heterocycles. The lowest BCUT2D eigenvalue weighted by molar-refractivity contribution is -0.132. The first-order valence-corrected chi connectivity index (χ1v) is 13.4. The molecule has 0 spiro atoms. The van der Waals surface area contributed by atoms with E-state index in [9.17, 15) is 9.59 Å². The molecule has 0 radical (unpaired) electrons. The Morgan fingerprint density at radius 1 is 0.971 bits per heavy atom. The number of hydrogen-bond donors (Lipinski definition) is 0. The first kappa shape index (κ1) is 24.7. The van der Waals surface area contributed by atoms with E-state index in [1.165, 1.54) is 17.3 Å². The minimum atomic E-state index is -0.00620. The van der Waals surface area contributed by atoms with Crippen LogP contribution < -0.4 is 0 Å². The predicted octanol–water partition coefficient (Wildman–Crippen LogP) is 5.93. The highest BCUT2D eigenvalue weighted by Gasteiger charge is 2.31. The van der Waals surface area contributed by atoms with Gasteiger partial charge in [0.25, 0.3) is 5.91 Å². The minimum Gasteiger partial charge on any atom is -0.343 e. The zero-order valence-electron chi connectivity index (χ0n) is 19.5. The van der Waals surface area contributed by atoms with Gasteiger partial charge in [-0.2, -0.15) is 0 Å². The third-order valence-electron chi connectivity index (χ3n) is 6.58. The number of thiocarbonyl (C=S) groups is 1. The fourth-order valence-electron chi connectivity index (χ4n) is 4.61. The van der Waals surface area contributed by atoms with Gasteiger partial charge in [0.2, 0.25) is 5.91 Å². The van der Waals surface area contributed by atoms with Gasteiger partial charge in [-0.05, 0) is 55.2 Å². The molecular weight excluding hydrogens is 460 g/mol. The molecule has 2 aliphatic heterocycles. The zero-order chi connectivity index (χ0) is 23.8. The molecule has 178 valence electrons. The Morgan fingerprint density at radius 2 is 1.65 bits per heavy atom. The Bertz CT molecular complexity index is 1020. The lowest BCUT2D eigenvalue weighted by atomic mass is 9.90. The van der Waals surface area contributed by atoms with Crippen LogP contribution in [0.3, 0.4) is 0 Å². The van der Waals surface area contributed by atoms with Crippen molar-refractivity contribution in [2.24, 2.45) is 5.92 Å². The standard InChI is InChI=1S/C28H32N2O2S2/c31-26(29-18-15-24(16-19-29)20-22-10-4-1-5-11-22)14-8-3-9-17-30-27(32)25(34-28(30)33)21-23-12-6-2-7-13-23/h1-2,4-7,10-13,21,24H,3,8-9,14-20H2. The maximum Gasteiger partial charge on any atom is 0.266 e. The van der Waals surface area contributed by atoms with Gasteiger partial charge in [-0.15, -0.1) is 0 Å². The second-order valence-electron chi connectivity index (χ2n) is 9.07. The second-order valence-corrected chi connectivity index (χ2v) is 10.7. The van der Waals surface area contributed by atoms with Crippen LogP contribution in [0.2, 0.25) is 0 Å². The third kappa shape index (κ3) is 6.80. The number of carbonyl (C=O) groups is 2. The molecule has 2 amide bonds. The van der Waals surface area contributed by atoms with Gasteiger partial charge in [-0.3, -0.25) is 14.5 Å². The molecule has 6 heteroatoms. The highest BCUT2D eigenvalue weighted by molar-refractivity contribution is 8.26. The van der Waals surface area contributed by atoms with E-state index in [4.69, 9.17) is 12.2 Å². The molecule has 34 heavy (non-hydrogen) atoms. The van der Waals surface area contributed by atoms with Crippen LogP contribution in [0, 0.1) is 5.92 Å². The van der Waals surface area contributed by atoms with Gasteiger partial charge in [0.15, 0.2) is 0 Å². The first-order valence-electron chi connectivity index (χ1n) is 12.2. The third-order valence-corrected chi connectivity index (χ3v) is 7.96. The van der Waals surface area contributed by atoms with Crippen molar-refractivity contribution >= 4 is 46.2 Å². The summed E-state index contributed by atoms with van der Waals surface area (Å²) < 4.78 is 0.627. The number of piperidine rings is 1. The summed E-state index contributed by atoms with van der Waals surface area (Å²) >= 11 is 6.81. The Kier molecular flexibility index (Phi) is 8.94. The molecule has 0 saturated carbocycles. The summed E-state index contributed by atoms with van der Waals surface area (Å²) in [4.78, 5) is 29.8. The number of thioether (sulfide) groups is 1. The van der Waals surface area contributed by atoms with Gasteiger partial charge in [0.1, 0.15) is 4.32 Å². The predicted molar refractivity (Wildman–Crippen MR) is 144 cm³/mol. The summed E-state index contributed by atoms with van der Waals surface area (Å²) in [6.07, 6.45) is 8.42. The van der Waals surface area contributed by atoms with Crippen LogP contribution in [0.15, 0.2) is 65.6 Å². The summed E-state index contributed by atoms with van der Waals surface area (Å²) in [5, 5.41) is 0. The number of nitrogens with zero attached hydrogens (tertiary/aromatic N) is 2. The maximum absolute atomic E-state index is 12.7. The minimum absolute atomic E-state index is 0.00620. The molecule has 2 fully saturated rings. The number of rotatable bonds is 9. The largest absolute Gasteiger partial charge is 0.343 e.